The van der Waals surface area contributed by atoms with E-state index in [0.717, 1.165) is 22.3 Å². The highest BCUT2D eigenvalue weighted by Gasteiger charge is 2.16. The van der Waals surface area contributed by atoms with Gasteiger partial charge in [-0.2, -0.15) is 0 Å². The fraction of sp³-hybridized carbons (Fsp3) is 0.474. The van der Waals surface area contributed by atoms with Gasteiger partial charge in [-0.15, -0.1) is 20.4 Å². The van der Waals surface area contributed by atoms with E-state index in [4.69, 9.17) is 0 Å². The molecule has 1 unspecified atom stereocenters. The van der Waals surface area contributed by atoms with Crippen molar-refractivity contribution in [3.8, 4) is 0 Å². The van der Waals surface area contributed by atoms with E-state index in [9.17, 15) is 9.59 Å². The fourth-order valence-electron chi connectivity index (χ4n) is 2.88. The quantitative estimate of drug-likeness (QED) is 0.406. The van der Waals surface area contributed by atoms with Crippen molar-refractivity contribution in [3.63, 3.8) is 0 Å². The molecule has 1 heterocycles. The number of aromatic nitrogens is 2. The number of azo groups is 1. The average molecular weight is 435 g/mol. The van der Waals surface area contributed by atoms with Gasteiger partial charge in [-0.05, 0) is 44.7 Å². The van der Waals surface area contributed by atoms with Gasteiger partial charge in [0.2, 0.25) is 5.91 Å². The summed E-state index contributed by atoms with van der Waals surface area (Å²) >= 11 is 2.97. The maximum Gasteiger partial charge on any atom is 0.252 e. The van der Waals surface area contributed by atoms with Crippen molar-refractivity contribution in [3.05, 3.63) is 18.2 Å². The van der Waals surface area contributed by atoms with Crippen LogP contribution in [-0.4, -0.2) is 40.2 Å². The van der Waals surface area contributed by atoms with Crippen LogP contribution in [-0.2, 0) is 9.59 Å². The van der Waals surface area contributed by atoms with Gasteiger partial charge in [0.25, 0.3) is 5.13 Å². The lowest BCUT2D eigenvalue weighted by Crippen LogP contribution is -2.34. The molecule has 1 aromatic carbocycles. The lowest BCUT2D eigenvalue weighted by Gasteiger charge is -2.30. The molecular formula is C19H26N6O2S2. The topological polar surface area (TPSA) is 99.9 Å². The minimum Gasteiger partial charge on any atom is -0.369 e. The third-order valence-corrected chi connectivity index (χ3v) is 5.81. The highest BCUT2D eigenvalue weighted by Crippen LogP contribution is 2.34. The van der Waals surface area contributed by atoms with Crippen LogP contribution in [0.4, 0.5) is 22.2 Å². The molecule has 1 N–H and O–H groups in total. The maximum absolute atomic E-state index is 11.7. The molecule has 0 aliphatic carbocycles. The van der Waals surface area contributed by atoms with Crippen molar-refractivity contribution < 1.29 is 9.59 Å². The molecule has 8 nitrogen and oxygen atoms in total. The summed E-state index contributed by atoms with van der Waals surface area (Å²) in [5.41, 5.74) is 1.99. The molecule has 10 heteroatoms. The van der Waals surface area contributed by atoms with Gasteiger partial charge in [-0.3, -0.25) is 9.59 Å². The molecule has 1 atom stereocenters. The smallest absolute Gasteiger partial charge is 0.252 e. The first-order valence-electron chi connectivity index (χ1n) is 9.39. The molecule has 0 saturated carbocycles. The summed E-state index contributed by atoms with van der Waals surface area (Å²) in [6, 6.07) is 5.62. The molecule has 0 bridgehead atoms. The van der Waals surface area contributed by atoms with Crippen LogP contribution in [0.2, 0.25) is 0 Å². The van der Waals surface area contributed by atoms with Crippen molar-refractivity contribution >= 4 is 57.0 Å². The van der Waals surface area contributed by atoms with E-state index < -0.39 is 0 Å². The van der Waals surface area contributed by atoms with Crippen LogP contribution in [0.1, 0.15) is 41.0 Å². The molecular weight excluding hydrogens is 408 g/mol. The summed E-state index contributed by atoms with van der Waals surface area (Å²) in [5.74, 6) is 0.854. The number of amides is 1. The Labute approximate surface area is 179 Å². The van der Waals surface area contributed by atoms with Crippen LogP contribution < -0.4 is 10.2 Å². The summed E-state index contributed by atoms with van der Waals surface area (Å²) < 4.78 is 0.844. The monoisotopic (exact) mass is 434 g/mol. The molecule has 29 heavy (non-hydrogen) atoms. The summed E-state index contributed by atoms with van der Waals surface area (Å²) in [4.78, 5) is 25.3. The lowest BCUT2D eigenvalue weighted by atomic mass is 10.1. The van der Waals surface area contributed by atoms with Crippen molar-refractivity contribution in [2.24, 2.45) is 10.2 Å². The number of benzene rings is 1. The highest BCUT2D eigenvalue weighted by atomic mass is 32.2. The van der Waals surface area contributed by atoms with E-state index in [2.05, 4.69) is 30.6 Å². The summed E-state index contributed by atoms with van der Waals surface area (Å²) in [6.07, 6.45) is 0.458. The first-order chi connectivity index (χ1) is 13.8. The second-order valence-corrected chi connectivity index (χ2v) is 8.87. The zero-order valence-corrected chi connectivity index (χ0v) is 18.9. The lowest BCUT2D eigenvalue weighted by molar-refractivity contribution is -0.117. The Hall–Kier alpha value is -2.33. The largest absolute Gasteiger partial charge is 0.369 e. The van der Waals surface area contributed by atoms with Crippen LogP contribution in [0.15, 0.2) is 32.8 Å². The number of Topliss-reactive ketones (excluding diaryl/α,β-unsaturated/α-hetero) is 1. The predicted molar refractivity (Wildman–Crippen MR) is 119 cm³/mol. The Morgan fingerprint density at radius 2 is 2.00 bits per heavy atom. The molecule has 2 rings (SSSR count). The zero-order valence-electron chi connectivity index (χ0n) is 17.3. The zero-order chi connectivity index (χ0) is 21.4. The number of nitrogens with one attached hydrogen (secondary N) is 1. The van der Waals surface area contributed by atoms with Crippen molar-refractivity contribution in [2.45, 2.75) is 51.4 Å². The van der Waals surface area contributed by atoms with Gasteiger partial charge in [0, 0.05) is 31.6 Å². The Bertz CT molecular complexity index is 883. The fourth-order valence-corrected chi connectivity index (χ4v) is 4.44. The summed E-state index contributed by atoms with van der Waals surface area (Å²) in [7, 11) is 0. The van der Waals surface area contributed by atoms with E-state index in [0.29, 0.717) is 22.9 Å². The molecule has 0 fully saturated rings. The number of ketones is 1. The number of hydrogen-bond acceptors (Lipinski definition) is 9. The third kappa shape index (κ3) is 6.90. The van der Waals surface area contributed by atoms with E-state index in [1.807, 2.05) is 32.9 Å². The van der Waals surface area contributed by atoms with Crippen molar-refractivity contribution in [1.29, 1.82) is 0 Å². The SMILES string of the molecule is CCSc1nnc(/N=N/c2ccc(N(CC)C(C)CC(C)=O)cc2NC(C)=O)s1. The Morgan fingerprint density at radius 1 is 1.24 bits per heavy atom. The molecule has 0 saturated heterocycles. The van der Waals surface area contributed by atoms with Crippen molar-refractivity contribution in [2.75, 3.05) is 22.5 Å². The number of anilines is 2. The van der Waals surface area contributed by atoms with Gasteiger partial charge in [0.05, 0.1) is 5.69 Å². The van der Waals surface area contributed by atoms with Crippen LogP contribution >= 0.6 is 23.1 Å². The molecule has 1 amide bonds. The minimum absolute atomic E-state index is 0.0473. The number of nitrogens with zero attached hydrogens (tertiary/aromatic N) is 5. The predicted octanol–water partition coefficient (Wildman–Crippen LogP) is 5.22. The number of carbonyl (C=O) groups is 2. The van der Waals surface area contributed by atoms with Gasteiger partial charge in [-0.1, -0.05) is 30.0 Å². The second-order valence-electron chi connectivity index (χ2n) is 6.41. The first-order valence-corrected chi connectivity index (χ1v) is 11.2. The Kier molecular flexibility index (Phi) is 8.71. The van der Waals surface area contributed by atoms with Crippen LogP contribution in [0.5, 0.6) is 0 Å². The first kappa shape index (κ1) is 23.0. The van der Waals surface area contributed by atoms with Crippen molar-refractivity contribution in [1.82, 2.24) is 10.2 Å². The minimum atomic E-state index is -0.198. The molecule has 0 aliphatic rings. The summed E-state index contributed by atoms with van der Waals surface area (Å²) in [6.45, 7) is 9.86. The molecule has 2 aromatic rings. The maximum atomic E-state index is 11.7. The van der Waals surface area contributed by atoms with E-state index in [-0.39, 0.29) is 17.7 Å². The number of carbonyl (C=O) groups excluding carboxylic acids is 2. The number of hydrogen-bond donors (Lipinski definition) is 1. The van der Waals surface area contributed by atoms with Gasteiger partial charge in [-0.25, -0.2) is 0 Å². The normalized spacial score (nSPS) is 12.2. The van der Waals surface area contributed by atoms with Crippen LogP contribution in [0, 0.1) is 0 Å². The average Bonchev–Trinajstić information content (AvgIpc) is 3.08. The third-order valence-electron chi connectivity index (χ3n) is 3.98. The molecule has 1 aromatic heterocycles. The van der Waals surface area contributed by atoms with Gasteiger partial charge < -0.3 is 10.2 Å². The van der Waals surface area contributed by atoms with Crippen LogP contribution in [0.3, 0.4) is 0 Å². The molecule has 156 valence electrons. The van der Waals surface area contributed by atoms with E-state index in [1.165, 1.54) is 18.3 Å². The van der Waals surface area contributed by atoms with Gasteiger partial charge >= 0.3 is 0 Å². The van der Waals surface area contributed by atoms with Gasteiger partial charge in [0.1, 0.15) is 11.5 Å². The molecule has 0 spiro atoms. The number of rotatable bonds is 10. The second kappa shape index (κ2) is 11.0. The van der Waals surface area contributed by atoms with E-state index in [1.54, 1.807) is 24.8 Å². The highest BCUT2D eigenvalue weighted by molar-refractivity contribution is 8.01. The Morgan fingerprint density at radius 3 is 2.62 bits per heavy atom. The molecule has 0 aliphatic heterocycles. The van der Waals surface area contributed by atoms with Gasteiger partial charge in [0.15, 0.2) is 4.34 Å². The standard InChI is InChI=1S/C19H26N6O2S2/c1-6-25(12(3)10-13(4)26)15-8-9-16(17(11-15)20-14(5)27)21-22-18-23-24-19(29-18)28-7-2/h8-9,11-12H,6-7,10H2,1-5H3,(H,20,27)/b22-21+. The number of thioether (sulfide) groups is 1. The van der Waals surface area contributed by atoms with Crippen LogP contribution in [0.25, 0.3) is 0 Å². The van der Waals surface area contributed by atoms with E-state index >= 15 is 0 Å². The summed E-state index contributed by atoms with van der Waals surface area (Å²) in [5, 5.41) is 19.8. The Balaban J connectivity index is 2.31. The molecule has 0 radical (unpaired) electrons.